The van der Waals surface area contributed by atoms with Crippen molar-refractivity contribution < 1.29 is 13.2 Å². The van der Waals surface area contributed by atoms with Gasteiger partial charge in [0, 0.05) is 47.8 Å². The highest BCUT2D eigenvalue weighted by Crippen LogP contribution is 2.36. The van der Waals surface area contributed by atoms with Crippen molar-refractivity contribution in [1.82, 2.24) is 9.97 Å². The maximum absolute atomic E-state index is 13.1. The van der Waals surface area contributed by atoms with Crippen LogP contribution in [0.25, 0.3) is 21.9 Å². The second-order valence-electron chi connectivity index (χ2n) is 8.80. The van der Waals surface area contributed by atoms with E-state index in [-0.39, 0.29) is 5.56 Å². The average molecular weight is 495 g/mol. The monoisotopic (exact) mass is 494 g/mol. The van der Waals surface area contributed by atoms with Crippen LogP contribution in [-0.4, -0.2) is 23.1 Å². The van der Waals surface area contributed by atoms with Crippen molar-refractivity contribution >= 4 is 28.0 Å². The Morgan fingerprint density at radius 2 is 1.67 bits per heavy atom. The van der Waals surface area contributed by atoms with Crippen LogP contribution < -0.4 is 15.8 Å². The SMILES string of the molecule is CCCN(CCC)c1ccc(Nc2nccc3c(-c4ccc(C(F)(F)F)cc4C)c[nH]c(=O)c23)cc1. The number of halogens is 3. The third-order valence-corrected chi connectivity index (χ3v) is 6.14. The van der Waals surface area contributed by atoms with Gasteiger partial charge in [0.25, 0.3) is 5.56 Å². The summed E-state index contributed by atoms with van der Waals surface area (Å²) in [4.78, 5) is 22.3. The zero-order valence-corrected chi connectivity index (χ0v) is 20.5. The fraction of sp³-hybridized carbons (Fsp3) is 0.286. The Kier molecular flexibility index (Phi) is 7.33. The van der Waals surface area contributed by atoms with Gasteiger partial charge in [-0.2, -0.15) is 13.2 Å². The molecule has 36 heavy (non-hydrogen) atoms. The smallest absolute Gasteiger partial charge is 0.372 e. The number of alkyl halides is 3. The number of pyridine rings is 2. The molecule has 0 spiro atoms. The summed E-state index contributed by atoms with van der Waals surface area (Å²) in [6.07, 6.45) is 0.824. The fourth-order valence-electron chi connectivity index (χ4n) is 4.47. The molecule has 0 unspecified atom stereocenters. The number of aromatic nitrogens is 2. The molecule has 0 aliphatic heterocycles. The van der Waals surface area contributed by atoms with Crippen LogP contribution in [0.1, 0.15) is 37.8 Å². The van der Waals surface area contributed by atoms with E-state index in [1.807, 2.05) is 24.3 Å². The first-order valence-electron chi connectivity index (χ1n) is 12.0. The van der Waals surface area contributed by atoms with Crippen molar-refractivity contribution in [3.05, 3.63) is 82.4 Å². The lowest BCUT2D eigenvalue weighted by Gasteiger charge is -2.24. The molecule has 2 heterocycles. The number of nitrogens with one attached hydrogen (secondary N) is 2. The molecular weight excluding hydrogens is 465 g/mol. The zero-order chi connectivity index (χ0) is 25.9. The molecule has 188 valence electrons. The van der Waals surface area contributed by atoms with E-state index in [9.17, 15) is 18.0 Å². The largest absolute Gasteiger partial charge is 0.416 e. The van der Waals surface area contributed by atoms with E-state index in [0.29, 0.717) is 33.3 Å². The Bertz CT molecular complexity index is 1410. The fourth-order valence-corrected chi connectivity index (χ4v) is 4.47. The van der Waals surface area contributed by atoms with Crippen molar-refractivity contribution in [3.63, 3.8) is 0 Å². The molecule has 0 amide bonds. The molecule has 0 radical (unpaired) electrons. The van der Waals surface area contributed by atoms with E-state index < -0.39 is 11.7 Å². The highest BCUT2D eigenvalue weighted by molar-refractivity contribution is 6.02. The van der Waals surface area contributed by atoms with E-state index >= 15 is 0 Å². The number of fused-ring (bicyclic) bond motifs is 1. The summed E-state index contributed by atoms with van der Waals surface area (Å²) in [5, 5.41) is 4.19. The highest BCUT2D eigenvalue weighted by Gasteiger charge is 2.30. The molecule has 0 atom stereocenters. The van der Waals surface area contributed by atoms with Crippen LogP contribution in [0.3, 0.4) is 0 Å². The summed E-state index contributed by atoms with van der Waals surface area (Å²) >= 11 is 0. The number of benzene rings is 2. The summed E-state index contributed by atoms with van der Waals surface area (Å²) in [7, 11) is 0. The van der Waals surface area contributed by atoms with Gasteiger partial charge in [-0.15, -0.1) is 0 Å². The summed E-state index contributed by atoms with van der Waals surface area (Å²) < 4.78 is 39.4. The van der Waals surface area contributed by atoms with E-state index in [1.54, 1.807) is 19.2 Å². The van der Waals surface area contributed by atoms with E-state index in [1.165, 1.54) is 12.3 Å². The number of aryl methyl sites for hydroxylation is 1. The van der Waals surface area contributed by atoms with Gasteiger partial charge >= 0.3 is 6.18 Å². The Morgan fingerprint density at radius 1 is 0.972 bits per heavy atom. The Morgan fingerprint density at radius 3 is 2.28 bits per heavy atom. The van der Waals surface area contributed by atoms with Crippen LogP contribution in [0.5, 0.6) is 0 Å². The lowest BCUT2D eigenvalue weighted by atomic mass is 9.96. The third kappa shape index (κ3) is 5.22. The van der Waals surface area contributed by atoms with Crippen LogP contribution in [0.2, 0.25) is 0 Å². The summed E-state index contributed by atoms with van der Waals surface area (Å²) in [6.45, 7) is 7.90. The molecular formula is C28H29F3N4O. The van der Waals surface area contributed by atoms with Gasteiger partial charge in [0.15, 0.2) is 0 Å². The number of hydrogen-bond donors (Lipinski definition) is 2. The standard InChI is InChI=1S/C28H29F3N4O/c1-4-14-35(15-5-2)21-9-7-20(8-10-21)34-26-25-23(12-13-32-26)24(17-33-27(25)36)22-11-6-19(16-18(22)3)28(29,30)31/h6-13,16-17H,4-5,14-15H2,1-3H3,(H,32,34)(H,33,36). The van der Waals surface area contributed by atoms with Crippen LogP contribution in [0.15, 0.2) is 65.7 Å². The quantitative estimate of drug-likeness (QED) is 0.270. The van der Waals surface area contributed by atoms with Gasteiger partial charge in [0.1, 0.15) is 5.82 Å². The lowest BCUT2D eigenvalue weighted by Crippen LogP contribution is -2.24. The molecule has 0 aliphatic rings. The highest BCUT2D eigenvalue weighted by atomic mass is 19.4. The van der Waals surface area contributed by atoms with Gasteiger partial charge in [-0.05, 0) is 73.4 Å². The maximum atomic E-state index is 13.1. The van der Waals surface area contributed by atoms with Crippen molar-refractivity contribution in [3.8, 4) is 11.1 Å². The Labute approximate surface area is 208 Å². The molecule has 0 saturated heterocycles. The first kappa shape index (κ1) is 25.3. The van der Waals surface area contributed by atoms with E-state index in [2.05, 4.69) is 34.0 Å². The van der Waals surface area contributed by atoms with E-state index in [0.717, 1.165) is 49.4 Å². The molecule has 4 rings (SSSR count). The van der Waals surface area contributed by atoms with Gasteiger partial charge < -0.3 is 15.2 Å². The number of rotatable bonds is 8. The number of aromatic amines is 1. The molecule has 4 aromatic rings. The zero-order valence-electron chi connectivity index (χ0n) is 20.5. The summed E-state index contributed by atoms with van der Waals surface area (Å²) in [5.41, 5.74) is 2.58. The van der Waals surface area contributed by atoms with Crippen molar-refractivity contribution in [2.45, 2.75) is 39.8 Å². The molecule has 0 aliphatic carbocycles. The number of H-pyrrole nitrogens is 1. The van der Waals surface area contributed by atoms with Crippen LogP contribution in [-0.2, 0) is 6.18 Å². The molecule has 8 heteroatoms. The van der Waals surface area contributed by atoms with E-state index in [4.69, 9.17) is 0 Å². The molecule has 2 aromatic carbocycles. The van der Waals surface area contributed by atoms with Crippen LogP contribution in [0.4, 0.5) is 30.4 Å². The predicted molar refractivity (Wildman–Crippen MR) is 140 cm³/mol. The first-order valence-corrected chi connectivity index (χ1v) is 12.0. The summed E-state index contributed by atoms with van der Waals surface area (Å²) in [6, 6.07) is 13.3. The third-order valence-electron chi connectivity index (χ3n) is 6.14. The van der Waals surface area contributed by atoms with Gasteiger partial charge in [-0.1, -0.05) is 19.9 Å². The molecule has 0 fully saturated rings. The van der Waals surface area contributed by atoms with Gasteiger partial charge in [-0.3, -0.25) is 4.79 Å². The number of hydrogen-bond acceptors (Lipinski definition) is 4. The minimum Gasteiger partial charge on any atom is -0.372 e. The number of anilines is 3. The van der Waals surface area contributed by atoms with Crippen LogP contribution in [0, 0.1) is 6.92 Å². The second-order valence-corrected chi connectivity index (χ2v) is 8.80. The average Bonchev–Trinajstić information content (AvgIpc) is 2.84. The van der Waals surface area contributed by atoms with Crippen LogP contribution >= 0.6 is 0 Å². The lowest BCUT2D eigenvalue weighted by molar-refractivity contribution is -0.137. The normalized spacial score (nSPS) is 11.6. The maximum Gasteiger partial charge on any atom is 0.416 e. The van der Waals surface area contributed by atoms with Crippen molar-refractivity contribution in [2.24, 2.45) is 0 Å². The minimum atomic E-state index is -4.42. The molecule has 0 bridgehead atoms. The predicted octanol–water partition coefficient (Wildman–Crippen LogP) is 7.29. The van der Waals surface area contributed by atoms with Gasteiger partial charge in [0.2, 0.25) is 0 Å². The topological polar surface area (TPSA) is 61.0 Å². The molecule has 2 aromatic heterocycles. The van der Waals surface area contributed by atoms with Crippen molar-refractivity contribution in [2.75, 3.05) is 23.3 Å². The molecule has 5 nitrogen and oxygen atoms in total. The van der Waals surface area contributed by atoms with Gasteiger partial charge in [0.05, 0.1) is 10.9 Å². The molecule has 2 N–H and O–H groups in total. The summed E-state index contributed by atoms with van der Waals surface area (Å²) in [5.74, 6) is 0.381. The van der Waals surface area contributed by atoms with Gasteiger partial charge in [-0.25, -0.2) is 4.98 Å². The first-order chi connectivity index (χ1) is 17.2. The molecule has 0 saturated carbocycles. The Hall–Kier alpha value is -3.81. The number of nitrogens with zero attached hydrogens (tertiary/aromatic N) is 2. The van der Waals surface area contributed by atoms with Crippen molar-refractivity contribution in [1.29, 1.82) is 0 Å². The Balaban J connectivity index is 1.71. The second kappa shape index (κ2) is 10.4. The minimum absolute atomic E-state index is 0.331.